The average molecular weight is 544 g/mol. The molecule has 0 spiro atoms. The van der Waals surface area contributed by atoms with Crippen LogP contribution in [0.2, 0.25) is 0 Å². The van der Waals surface area contributed by atoms with Gasteiger partial charge in [0, 0.05) is 32.8 Å². The summed E-state index contributed by atoms with van der Waals surface area (Å²) < 4.78 is 26.0. The molecule has 2 fully saturated rings. The highest BCUT2D eigenvalue weighted by Crippen LogP contribution is 2.35. The molecular formula is C26H34FN7O5. The molecule has 5 rings (SSSR count). The van der Waals surface area contributed by atoms with Crippen LogP contribution in [0.1, 0.15) is 50.4 Å². The number of carbonyl (C=O) groups is 2. The first-order valence-electron chi connectivity index (χ1n) is 12.9. The minimum Gasteiger partial charge on any atom is -0.443 e. The highest BCUT2D eigenvalue weighted by molar-refractivity contribution is 6.00. The van der Waals surface area contributed by atoms with E-state index in [9.17, 15) is 19.1 Å². The summed E-state index contributed by atoms with van der Waals surface area (Å²) in [7, 11) is 3.14. The number of aromatic nitrogens is 3. The lowest BCUT2D eigenvalue weighted by Crippen LogP contribution is -2.51. The standard InChI is InChI=1S/C26H34FN7O5/c1-26(2,3)39-25(37)32(4)21-12-20(29-17-7-6-10-33(24(17)36)18-11-15(18)27)31-22-14(13-28-34(21)22)23(35)30-16-8-9-19(16)38-5/h6-7,10,12-13,15-16,18-19,24,36H,8-9,11H2,1-5H3,(H,29,31)(H,30,35)/t15-,16?,18?,19+,24?/m1/s1. The third-order valence-electron chi connectivity index (χ3n) is 6.97. The lowest BCUT2D eigenvalue weighted by atomic mass is 9.89. The van der Waals surface area contributed by atoms with E-state index in [1.807, 2.05) is 0 Å². The third kappa shape index (κ3) is 5.41. The van der Waals surface area contributed by atoms with Crippen LogP contribution >= 0.6 is 0 Å². The molecule has 3 unspecified atom stereocenters. The molecule has 0 saturated heterocycles. The third-order valence-corrected chi connectivity index (χ3v) is 6.97. The van der Waals surface area contributed by atoms with Gasteiger partial charge in [-0.05, 0) is 45.8 Å². The summed E-state index contributed by atoms with van der Waals surface area (Å²) in [5, 5.41) is 21.3. The molecule has 2 amide bonds. The number of hydrogen-bond acceptors (Lipinski definition) is 9. The average Bonchev–Trinajstić information content (AvgIpc) is 3.42. The number of aliphatic hydroxyl groups is 1. The van der Waals surface area contributed by atoms with E-state index >= 15 is 0 Å². The zero-order valence-corrected chi connectivity index (χ0v) is 22.6. The number of rotatable bonds is 7. The molecular weight excluding hydrogens is 509 g/mol. The Morgan fingerprint density at radius 1 is 1.28 bits per heavy atom. The molecule has 0 radical (unpaired) electrons. The van der Waals surface area contributed by atoms with Gasteiger partial charge in [0.2, 0.25) is 0 Å². The topological polar surface area (TPSA) is 134 Å². The summed E-state index contributed by atoms with van der Waals surface area (Å²) in [5.41, 5.74) is 0.0260. The van der Waals surface area contributed by atoms with Crippen molar-refractivity contribution < 1.29 is 28.6 Å². The number of amides is 2. The second-order valence-corrected chi connectivity index (χ2v) is 11.0. The van der Waals surface area contributed by atoms with Gasteiger partial charge in [0.25, 0.3) is 5.91 Å². The number of halogens is 1. The number of carbonyl (C=O) groups excluding carboxylic acids is 2. The second kappa shape index (κ2) is 10.1. The SMILES string of the molecule is CO[C@H]1CCC1NC(=O)c1cnn2c(N(C)C(=O)OC(C)(C)C)cc(NC3=CC=CN(C4C[C@H]4F)C3O)nc12. The molecule has 0 bridgehead atoms. The van der Waals surface area contributed by atoms with Crippen molar-refractivity contribution in [1.29, 1.82) is 0 Å². The predicted octanol–water partition coefficient (Wildman–Crippen LogP) is 2.56. The first-order chi connectivity index (χ1) is 18.5. The number of nitrogens with zero attached hydrogens (tertiary/aromatic N) is 5. The maximum Gasteiger partial charge on any atom is 0.415 e. The summed E-state index contributed by atoms with van der Waals surface area (Å²) >= 11 is 0. The van der Waals surface area contributed by atoms with E-state index in [1.54, 1.807) is 57.2 Å². The Bertz CT molecular complexity index is 1330. The first-order valence-corrected chi connectivity index (χ1v) is 12.9. The van der Waals surface area contributed by atoms with Gasteiger partial charge in [-0.2, -0.15) is 9.61 Å². The number of hydrogen-bond donors (Lipinski definition) is 3. The monoisotopic (exact) mass is 543 g/mol. The summed E-state index contributed by atoms with van der Waals surface area (Å²) in [5.74, 6) is 0.147. The molecule has 2 saturated carbocycles. The minimum atomic E-state index is -1.12. The fourth-order valence-corrected chi connectivity index (χ4v) is 4.58. The van der Waals surface area contributed by atoms with Gasteiger partial charge in [-0.3, -0.25) is 9.69 Å². The Morgan fingerprint density at radius 3 is 2.64 bits per heavy atom. The highest BCUT2D eigenvalue weighted by Gasteiger charge is 2.44. The van der Waals surface area contributed by atoms with Crippen LogP contribution in [0.5, 0.6) is 0 Å². The van der Waals surface area contributed by atoms with E-state index in [0.717, 1.165) is 12.8 Å². The van der Waals surface area contributed by atoms with Crippen molar-refractivity contribution in [2.75, 3.05) is 24.4 Å². The zero-order chi connectivity index (χ0) is 28.1. The van der Waals surface area contributed by atoms with Crippen LogP contribution in [0.3, 0.4) is 0 Å². The summed E-state index contributed by atoms with van der Waals surface area (Å²) in [6.07, 6.45) is 5.61. The van der Waals surface area contributed by atoms with E-state index in [2.05, 4.69) is 20.7 Å². The fourth-order valence-electron chi connectivity index (χ4n) is 4.58. The van der Waals surface area contributed by atoms with Crippen molar-refractivity contribution >= 4 is 29.3 Å². The Labute approximate surface area is 225 Å². The van der Waals surface area contributed by atoms with Crippen LogP contribution in [-0.2, 0) is 9.47 Å². The van der Waals surface area contributed by atoms with E-state index in [4.69, 9.17) is 9.47 Å². The lowest BCUT2D eigenvalue weighted by Gasteiger charge is -2.35. The normalized spacial score (nSPS) is 26.1. The Morgan fingerprint density at radius 2 is 2.03 bits per heavy atom. The molecule has 0 aromatic carbocycles. The quantitative estimate of drug-likeness (QED) is 0.482. The van der Waals surface area contributed by atoms with Crippen molar-refractivity contribution in [3.05, 3.63) is 41.9 Å². The number of nitrogens with one attached hydrogen (secondary N) is 2. The predicted molar refractivity (Wildman–Crippen MR) is 141 cm³/mol. The van der Waals surface area contributed by atoms with Crippen LogP contribution in [0.25, 0.3) is 5.65 Å². The van der Waals surface area contributed by atoms with Crippen LogP contribution < -0.4 is 15.5 Å². The Hall–Kier alpha value is -3.71. The maximum atomic E-state index is 13.7. The van der Waals surface area contributed by atoms with Gasteiger partial charge in [-0.1, -0.05) is 0 Å². The van der Waals surface area contributed by atoms with Gasteiger partial charge in [0.15, 0.2) is 11.9 Å². The fraction of sp³-hybridized carbons (Fsp3) is 0.538. The smallest absolute Gasteiger partial charge is 0.415 e. The molecule has 1 aliphatic heterocycles. The molecule has 5 atom stereocenters. The molecule has 2 aliphatic carbocycles. The van der Waals surface area contributed by atoms with Gasteiger partial charge in [0.05, 0.1) is 30.1 Å². The van der Waals surface area contributed by atoms with Crippen LogP contribution in [0, 0.1) is 0 Å². The maximum absolute atomic E-state index is 13.7. The summed E-state index contributed by atoms with van der Waals surface area (Å²) in [4.78, 5) is 33.6. The number of methoxy groups -OCH3 is 1. The number of alkyl halides is 1. The number of allylic oxidation sites excluding steroid dienone is 2. The van der Waals surface area contributed by atoms with E-state index in [0.29, 0.717) is 12.1 Å². The van der Waals surface area contributed by atoms with Gasteiger partial charge in [0.1, 0.15) is 29.0 Å². The van der Waals surface area contributed by atoms with Crippen molar-refractivity contribution in [2.45, 2.75) is 76.2 Å². The lowest BCUT2D eigenvalue weighted by molar-refractivity contribution is 0.00732. The molecule has 210 valence electrons. The number of ether oxygens (including phenoxy) is 2. The molecule has 3 N–H and O–H groups in total. The Kier molecular flexibility index (Phi) is 6.97. The molecule has 2 aromatic rings. The van der Waals surface area contributed by atoms with Gasteiger partial charge in [-0.25, -0.2) is 14.2 Å². The van der Waals surface area contributed by atoms with E-state index in [1.165, 1.54) is 22.7 Å². The van der Waals surface area contributed by atoms with Gasteiger partial charge >= 0.3 is 6.09 Å². The minimum absolute atomic E-state index is 0.0547. The summed E-state index contributed by atoms with van der Waals surface area (Å²) in [6.45, 7) is 5.28. The molecule has 3 heterocycles. The zero-order valence-electron chi connectivity index (χ0n) is 22.6. The summed E-state index contributed by atoms with van der Waals surface area (Å²) in [6, 6.07) is 1.05. The highest BCUT2D eigenvalue weighted by atomic mass is 19.1. The van der Waals surface area contributed by atoms with E-state index in [-0.39, 0.29) is 40.9 Å². The molecule has 39 heavy (non-hydrogen) atoms. The van der Waals surface area contributed by atoms with Gasteiger partial charge < -0.3 is 30.1 Å². The van der Waals surface area contributed by atoms with Crippen LogP contribution in [-0.4, -0.2) is 87.0 Å². The first kappa shape index (κ1) is 26.9. The molecule has 12 nitrogen and oxygen atoms in total. The number of anilines is 2. The Balaban J connectivity index is 1.49. The number of fused-ring (bicyclic) bond motifs is 1. The second-order valence-electron chi connectivity index (χ2n) is 11.0. The molecule has 3 aliphatic rings. The van der Waals surface area contributed by atoms with Crippen LogP contribution in [0.15, 0.2) is 36.3 Å². The number of aliphatic hydroxyl groups excluding tert-OH is 1. The van der Waals surface area contributed by atoms with Crippen molar-refractivity contribution in [2.24, 2.45) is 0 Å². The van der Waals surface area contributed by atoms with E-state index < -0.39 is 30.1 Å². The molecule has 2 aromatic heterocycles. The van der Waals surface area contributed by atoms with Crippen LogP contribution in [0.4, 0.5) is 20.8 Å². The largest absolute Gasteiger partial charge is 0.443 e. The van der Waals surface area contributed by atoms with Gasteiger partial charge in [-0.15, -0.1) is 0 Å². The van der Waals surface area contributed by atoms with Crippen molar-refractivity contribution in [1.82, 2.24) is 24.8 Å². The molecule has 13 heteroatoms. The van der Waals surface area contributed by atoms with Crippen molar-refractivity contribution in [3.8, 4) is 0 Å². The van der Waals surface area contributed by atoms with Crippen molar-refractivity contribution in [3.63, 3.8) is 0 Å².